The summed E-state index contributed by atoms with van der Waals surface area (Å²) >= 11 is 0. The van der Waals surface area contributed by atoms with Crippen LogP contribution in [0.2, 0.25) is 0 Å². The zero-order valence-corrected chi connectivity index (χ0v) is 14.0. The van der Waals surface area contributed by atoms with Gasteiger partial charge < -0.3 is 15.4 Å². The molecule has 3 aromatic rings. The Morgan fingerprint density at radius 3 is 2.63 bits per heavy atom. The number of ether oxygens (including phenoxy) is 1. The molecule has 6 nitrogen and oxygen atoms in total. The zero-order valence-electron chi connectivity index (χ0n) is 14.0. The minimum atomic E-state index is -3.05. The molecule has 2 aromatic carbocycles. The van der Waals surface area contributed by atoms with E-state index in [9.17, 15) is 18.4 Å². The first-order valence-electron chi connectivity index (χ1n) is 8.00. The Bertz CT molecular complexity index is 974. The molecule has 3 rings (SSSR count). The van der Waals surface area contributed by atoms with Gasteiger partial charge in [0.05, 0.1) is 23.3 Å². The SMILES string of the molecule is O=C(CNC(=O)c1ccccc1OC(F)F)Nc1cccc2cccnc12. The van der Waals surface area contributed by atoms with Gasteiger partial charge in [0.2, 0.25) is 5.91 Å². The summed E-state index contributed by atoms with van der Waals surface area (Å²) in [6, 6.07) is 14.5. The van der Waals surface area contributed by atoms with Gasteiger partial charge in [0.1, 0.15) is 5.75 Å². The second-order valence-corrected chi connectivity index (χ2v) is 5.49. The number of amides is 2. The molecule has 8 heteroatoms. The van der Waals surface area contributed by atoms with Crippen LogP contribution in [0, 0.1) is 0 Å². The van der Waals surface area contributed by atoms with E-state index in [1.807, 2.05) is 12.1 Å². The van der Waals surface area contributed by atoms with Crippen molar-refractivity contribution in [3.8, 4) is 5.75 Å². The number of carbonyl (C=O) groups is 2. The molecule has 1 heterocycles. The topological polar surface area (TPSA) is 80.3 Å². The highest BCUT2D eigenvalue weighted by Crippen LogP contribution is 2.21. The zero-order chi connectivity index (χ0) is 19.2. The van der Waals surface area contributed by atoms with Gasteiger partial charge in [0, 0.05) is 11.6 Å². The maximum absolute atomic E-state index is 12.4. The number of carbonyl (C=O) groups excluding carboxylic acids is 2. The standard InChI is InChI=1S/C19H15F2N3O3/c20-19(21)27-15-9-2-1-7-13(15)18(26)23-11-16(25)24-14-8-3-5-12-6-4-10-22-17(12)14/h1-10,19H,11H2,(H,23,26)(H,24,25). The Hall–Kier alpha value is -3.55. The number of fused-ring (bicyclic) bond motifs is 1. The van der Waals surface area contributed by atoms with Gasteiger partial charge >= 0.3 is 6.61 Å². The smallest absolute Gasteiger partial charge is 0.387 e. The molecule has 0 bridgehead atoms. The molecular weight excluding hydrogens is 356 g/mol. The molecule has 1 aromatic heterocycles. The first kappa shape index (κ1) is 18.2. The van der Waals surface area contributed by atoms with E-state index in [1.54, 1.807) is 24.4 Å². The van der Waals surface area contributed by atoms with Crippen LogP contribution < -0.4 is 15.4 Å². The lowest BCUT2D eigenvalue weighted by molar-refractivity contribution is -0.115. The minimum absolute atomic E-state index is 0.0857. The molecule has 0 fully saturated rings. The van der Waals surface area contributed by atoms with E-state index in [0.717, 1.165) is 5.39 Å². The van der Waals surface area contributed by atoms with Gasteiger partial charge in [-0.15, -0.1) is 0 Å². The van der Waals surface area contributed by atoms with Crippen molar-refractivity contribution in [1.82, 2.24) is 10.3 Å². The first-order chi connectivity index (χ1) is 13.0. The number of hydrogen-bond donors (Lipinski definition) is 2. The number of halogens is 2. The molecule has 0 saturated carbocycles. The summed E-state index contributed by atoms with van der Waals surface area (Å²) in [5.41, 5.74) is 1.04. The van der Waals surface area contributed by atoms with Gasteiger partial charge in [-0.1, -0.05) is 30.3 Å². The molecule has 0 saturated heterocycles. The summed E-state index contributed by atoms with van der Waals surface area (Å²) in [6.45, 7) is -3.40. The van der Waals surface area contributed by atoms with Crippen molar-refractivity contribution in [3.05, 3.63) is 66.4 Å². The highest BCUT2D eigenvalue weighted by molar-refractivity contribution is 6.03. The van der Waals surface area contributed by atoms with Crippen molar-refractivity contribution in [1.29, 1.82) is 0 Å². The van der Waals surface area contributed by atoms with Crippen molar-refractivity contribution < 1.29 is 23.1 Å². The number of para-hydroxylation sites is 2. The summed E-state index contributed by atoms with van der Waals surface area (Å²) in [5, 5.41) is 5.91. The Morgan fingerprint density at radius 2 is 1.81 bits per heavy atom. The normalized spacial score (nSPS) is 10.6. The third-order valence-corrected chi connectivity index (χ3v) is 3.66. The van der Waals surface area contributed by atoms with E-state index in [-0.39, 0.29) is 17.9 Å². The molecule has 0 radical (unpaired) electrons. The molecule has 0 spiro atoms. The average Bonchev–Trinajstić information content (AvgIpc) is 2.66. The van der Waals surface area contributed by atoms with Crippen LogP contribution in [0.15, 0.2) is 60.8 Å². The molecule has 0 atom stereocenters. The van der Waals surface area contributed by atoms with Crippen LogP contribution in [-0.4, -0.2) is 30.0 Å². The van der Waals surface area contributed by atoms with E-state index < -0.39 is 18.4 Å². The lowest BCUT2D eigenvalue weighted by atomic mass is 10.2. The monoisotopic (exact) mass is 371 g/mol. The quantitative estimate of drug-likeness (QED) is 0.697. The molecule has 138 valence electrons. The maximum atomic E-state index is 12.4. The number of benzene rings is 2. The van der Waals surface area contributed by atoms with E-state index in [2.05, 4.69) is 20.4 Å². The molecule has 27 heavy (non-hydrogen) atoms. The number of alkyl halides is 2. The first-order valence-corrected chi connectivity index (χ1v) is 8.00. The Kier molecular flexibility index (Phi) is 5.55. The predicted octanol–water partition coefficient (Wildman–Crippen LogP) is 3.20. The number of nitrogens with one attached hydrogen (secondary N) is 2. The van der Waals surface area contributed by atoms with Gasteiger partial charge in [0.15, 0.2) is 0 Å². The van der Waals surface area contributed by atoms with Crippen molar-refractivity contribution >= 4 is 28.4 Å². The summed E-state index contributed by atoms with van der Waals surface area (Å²) in [5.74, 6) is -1.44. The number of rotatable bonds is 6. The van der Waals surface area contributed by atoms with Crippen molar-refractivity contribution in [2.75, 3.05) is 11.9 Å². The summed E-state index contributed by atoms with van der Waals surface area (Å²) in [6.07, 6.45) is 1.61. The fraction of sp³-hybridized carbons (Fsp3) is 0.105. The van der Waals surface area contributed by atoms with Gasteiger partial charge in [-0.3, -0.25) is 14.6 Å². The van der Waals surface area contributed by atoms with E-state index in [4.69, 9.17) is 0 Å². The van der Waals surface area contributed by atoms with Gasteiger partial charge in [-0.25, -0.2) is 0 Å². The predicted molar refractivity (Wildman–Crippen MR) is 95.8 cm³/mol. The van der Waals surface area contributed by atoms with E-state index in [0.29, 0.717) is 11.2 Å². The number of nitrogens with zero attached hydrogens (tertiary/aromatic N) is 1. The maximum Gasteiger partial charge on any atom is 0.387 e. The number of aromatic nitrogens is 1. The molecule has 2 amide bonds. The van der Waals surface area contributed by atoms with Crippen molar-refractivity contribution in [3.63, 3.8) is 0 Å². The number of hydrogen-bond acceptors (Lipinski definition) is 4. The second kappa shape index (κ2) is 8.22. The van der Waals surface area contributed by atoms with Crippen molar-refractivity contribution in [2.24, 2.45) is 0 Å². The Morgan fingerprint density at radius 1 is 1.04 bits per heavy atom. The molecule has 0 aliphatic rings. The fourth-order valence-electron chi connectivity index (χ4n) is 2.51. The molecule has 0 aliphatic carbocycles. The van der Waals surface area contributed by atoms with Crippen LogP contribution in [0.4, 0.5) is 14.5 Å². The molecular formula is C19H15F2N3O3. The highest BCUT2D eigenvalue weighted by Gasteiger charge is 2.16. The van der Waals surface area contributed by atoms with Crippen LogP contribution in [0.3, 0.4) is 0 Å². The molecule has 2 N–H and O–H groups in total. The average molecular weight is 371 g/mol. The number of anilines is 1. The molecule has 0 unspecified atom stereocenters. The summed E-state index contributed by atoms with van der Waals surface area (Å²) in [7, 11) is 0. The molecule has 0 aliphatic heterocycles. The third kappa shape index (κ3) is 4.55. The van der Waals surface area contributed by atoms with Crippen LogP contribution in [0.1, 0.15) is 10.4 Å². The van der Waals surface area contributed by atoms with Gasteiger partial charge in [-0.05, 0) is 24.3 Å². The van der Waals surface area contributed by atoms with Gasteiger partial charge in [-0.2, -0.15) is 8.78 Å². The fourth-order valence-corrected chi connectivity index (χ4v) is 2.51. The van der Waals surface area contributed by atoms with Crippen LogP contribution >= 0.6 is 0 Å². The Balaban J connectivity index is 1.65. The van der Waals surface area contributed by atoms with Crippen LogP contribution in [-0.2, 0) is 4.79 Å². The Labute approximate surface area is 153 Å². The van der Waals surface area contributed by atoms with Crippen molar-refractivity contribution in [2.45, 2.75) is 6.61 Å². The second-order valence-electron chi connectivity index (χ2n) is 5.49. The lowest BCUT2D eigenvalue weighted by Crippen LogP contribution is -2.33. The van der Waals surface area contributed by atoms with E-state index in [1.165, 1.54) is 24.3 Å². The van der Waals surface area contributed by atoms with Gasteiger partial charge in [0.25, 0.3) is 5.91 Å². The van der Waals surface area contributed by atoms with Crippen LogP contribution in [0.5, 0.6) is 5.75 Å². The third-order valence-electron chi connectivity index (χ3n) is 3.66. The number of pyridine rings is 1. The lowest BCUT2D eigenvalue weighted by Gasteiger charge is -2.11. The minimum Gasteiger partial charge on any atom is -0.434 e. The highest BCUT2D eigenvalue weighted by atomic mass is 19.3. The van der Waals surface area contributed by atoms with Crippen LogP contribution in [0.25, 0.3) is 10.9 Å². The summed E-state index contributed by atoms with van der Waals surface area (Å²) in [4.78, 5) is 28.6. The van der Waals surface area contributed by atoms with E-state index >= 15 is 0 Å². The summed E-state index contributed by atoms with van der Waals surface area (Å²) < 4.78 is 29.2. The largest absolute Gasteiger partial charge is 0.434 e.